The molecule has 2 aliphatic rings. The van der Waals surface area contributed by atoms with E-state index in [9.17, 15) is 4.79 Å². The van der Waals surface area contributed by atoms with Crippen LogP contribution in [0.1, 0.15) is 57.7 Å². The molecule has 7 nitrogen and oxygen atoms in total. The number of rotatable bonds is 14. The Hall–Kier alpha value is -4.82. The fourth-order valence-corrected chi connectivity index (χ4v) is 6.77. The number of piperazine rings is 1. The van der Waals surface area contributed by atoms with E-state index >= 15 is 0 Å². The minimum atomic E-state index is -0.00179. The number of carbonyl (C=O) groups excluding carboxylic acids is 1. The van der Waals surface area contributed by atoms with Gasteiger partial charge in [0.25, 0.3) is 0 Å². The van der Waals surface area contributed by atoms with Gasteiger partial charge in [0.15, 0.2) is 5.75 Å². The first-order chi connectivity index (χ1) is 25.8. The number of nitrogens with zero attached hydrogens (tertiary/aromatic N) is 3. The van der Waals surface area contributed by atoms with E-state index < -0.39 is 0 Å². The van der Waals surface area contributed by atoms with Gasteiger partial charge in [0.05, 0.1) is 17.8 Å². The standard InChI is InChI=1S/C45H46ClN3O4.ClH/c1-32-3-5-36(6-4-32)31-52-41-18-19-43(47-29-41)53-45-33(2)27-37(28-42(45)46)11-20-44(50)49-24-22-48(23-25-49)30-35-9-7-34(8-10-35)21-26-51-40-16-14-39(15-17-40)38-12-13-38;/h3-11,14-20,27-29,38H,12-13,21-26,30-31H2,1-2H3;1H/b20-11+;. The Balaban J connectivity index is 0.00000497. The van der Waals surface area contributed by atoms with E-state index in [0.717, 1.165) is 54.4 Å². The third kappa shape index (κ3) is 10.9. The van der Waals surface area contributed by atoms with Crippen LogP contribution in [0.25, 0.3) is 6.08 Å². The number of carbonyl (C=O) groups is 1. The summed E-state index contributed by atoms with van der Waals surface area (Å²) < 4.78 is 17.9. The number of pyridine rings is 1. The summed E-state index contributed by atoms with van der Waals surface area (Å²) in [7, 11) is 0. The van der Waals surface area contributed by atoms with Crippen LogP contribution in [0, 0.1) is 13.8 Å². The van der Waals surface area contributed by atoms with Crippen LogP contribution >= 0.6 is 24.0 Å². The molecule has 2 fully saturated rings. The second kappa shape index (κ2) is 18.5. The molecule has 2 heterocycles. The van der Waals surface area contributed by atoms with E-state index in [1.807, 2.05) is 30.0 Å². The monoisotopic (exact) mass is 763 g/mol. The molecule has 0 atom stereocenters. The molecule has 9 heteroatoms. The predicted molar refractivity (Wildman–Crippen MR) is 218 cm³/mol. The summed E-state index contributed by atoms with van der Waals surface area (Å²) in [5.41, 5.74) is 7.96. The molecule has 1 aliphatic heterocycles. The Kier molecular flexibility index (Phi) is 13.3. The van der Waals surface area contributed by atoms with Gasteiger partial charge in [0, 0.05) is 51.3 Å². The molecule has 280 valence electrons. The molecule has 0 bridgehead atoms. The Labute approximate surface area is 329 Å². The maximum atomic E-state index is 13.1. The zero-order valence-electron chi connectivity index (χ0n) is 30.9. The van der Waals surface area contributed by atoms with E-state index in [1.165, 1.54) is 35.1 Å². The first-order valence-corrected chi connectivity index (χ1v) is 18.8. The number of aryl methyl sites for hydroxylation is 2. The van der Waals surface area contributed by atoms with Crippen LogP contribution in [-0.4, -0.2) is 53.5 Å². The number of amides is 1. The van der Waals surface area contributed by atoms with Crippen molar-refractivity contribution in [2.75, 3.05) is 32.8 Å². The van der Waals surface area contributed by atoms with Crippen LogP contribution in [0.5, 0.6) is 23.1 Å². The first-order valence-electron chi connectivity index (χ1n) is 18.5. The molecule has 54 heavy (non-hydrogen) atoms. The van der Waals surface area contributed by atoms with Gasteiger partial charge in [0.2, 0.25) is 11.8 Å². The zero-order valence-corrected chi connectivity index (χ0v) is 32.5. The minimum Gasteiger partial charge on any atom is -0.493 e. The van der Waals surface area contributed by atoms with Crippen molar-refractivity contribution in [2.24, 2.45) is 0 Å². The topological polar surface area (TPSA) is 64.1 Å². The highest BCUT2D eigenvalue weighted by molar-refractivity contribution is 6.32. The summed E-state index contributed by atoms with van der Waals surface area (Å²) in [6, 6.07) is 33.0. The van der Waals surface area contributed by atoms with Crippen LogP contribution in [0.15, 0.2) is 109 Å². The second-order valence-corrected chi connectivity index (χ2v) is 14.5. The molecule has 0 spiro atoms. The maximum Gasteiger partial charge on any atom is 0.246 e. The quantitative estimate of drug-likeness (QED) is 0.105. The summed E-state index contributed by atoms with van der Waals surface area (Å²) in [6.45, 7) is 9.03. The molecular formula is C45H47Cl2N3O4. The summed E-state index contributed by atoms with van der Waals surface area (Å²) in [5.74, 6) is 3.30. The lowest BCUT2D eigenvalue weighted by Crippen LogP contribution is -2.47. The smallest absolute Gasteiger partial charge is 0.246 e. The van der Waals surface area contributed by atoms with Crippen molar-refractivity contribution in [2.45, 2.75) is 52.2 Å². The van der Waals surface area contributed by atoms with E-state index in [1.54, 1.807) is 24.4 Å². The summed E-state index contributed by atoms with van der Waals surface area (Å²) in [4.78, 5) is 21.8. The highest BCUT2D eigenvalue weighted by atomic mass is 35.5. The number of benzene rings is 4. The highest BCUT2D eigenvalue weighted by Gasteiger charge is 2.23. The van der Waals surface area contributed by atoms with Gasteiger partial charge in [-0.05, 0) is 102 Å². The van der Waals surface area contributed by atoms with Gasteiger partial charge in [0.1, 0.15) is 18.1 Å². The van der Waals surface area contributed by atoms with E-state index in [0.29, 0.717) is 48.7 Å². The van der Waals surface area contributed by atoms with Crippen LogP contribution in [0.2, 0.25) is 5.02 Å². The largest absolute Gasteiger partial charge is 0.493 e. The van der Waals surface area contributed by atoms with Crippen molar-refractivity contribution in [3.63, 3.8) is 0 Å². The molecule has 1 saturated heterocycles. The Morgan fingerprint density at radius 3 is 2.17 bits per heavy atom. The molecule has 1 aromatic heterocycles. The average molecular weight is 765 g/mol. The summed E-state index contributed by atoms with van der Waals surface area (Å²) in [6.07, 6.45) is 8.59. The lowest BCUT2D eigenvalue weighted by atomic mass is 10.1. The Morgan fingerprint density at radius 2 is 1.50 bits per heavy atom. The number of aromatic nitrogens is 1. The van der Waals surface area contributed by atoms with Crippen molar-refractivity contribution in [3.8, 4) is 23.1 Å². The van der Waals surface area contributed by atoms with Crippen molar-refractivity contribution < 1.29 is 19.0 Å². The van der Waals surface area contributed by atoms with Gasteiger partial charge in [-0.25, -0.2) is 4.98 Å². The zero-order chi connectivity index (χ0) is 36.6. The lowest BCUT2D eigenvalue weighted by molar-refractivity contribution is -0.127. The fourth-order valence-electron chi connectivity index (χ4n) is 6.46. The van der Waals surface area contributed by atoms with Crippen LogP contribution in [-0.2, 0) is 24.4 Å². The number of halogens is 2. The molecule has 5 aromatic rings. The summed E-state index contributed by atoms with van der Waals surface area (Å²) >= 11 is 6.64. The second-order valence-electron chi connectivity index (χ2n) is 14.1. The molecule has 0 N–H and O–H groups in total. The van der Waals surface area contributed by atoms with Gasteiger partial charge in [-0.1, -0.05) is 77.8 Å². The Bertz CT molecular complexity index is 1980. The van der Waals surface area contributed by atoms with Gasteiger partial charge in [-0.3, -0.25) is 9.69 Å². The van der Waals surface area contributed by atoms with Crippen LogP contribution < -0.4 is 14.2 Å². The number of ether oxygens (including phenoxy) is 3. The van der Waals surface area contributed by atoms with Gasteiger partial charge >= 0.3 is 0 Å². The normalized spacial score (nSPS) is 14.5. The molecule has 1 aliphatic carbocycles. The molecule has 1 saturated carbocycles. The number of hydrogen-bond acceptors (Lipinski definition) is 6. The van der Waals surface area contributed by atoms with Gasteiger partial charge in [-0.2, -0.15) is 0 Å². The third-order valence-electron chi connectivity index (χ3n) is 9.81. The third-order valence-corrected chi connectivity index (χ3v) is 10.1. The summed E-state index contributed by atoms with van der Waals surface area (Å²) in [5, 5.41) is 0.447. The van der Waals surface area contributed by atoms with E-state index in [4.69, 9.17) is 25.8 Å². The predicted octanol–water partition coefficient (Wildman–Crippen LogP) is 10.0. The molecule has 4 aromatic carbocycles. The average Bonchev–Trinajstić information content (AvgIpc) is 4.03. The fraction of sp³-hybridized carbons (Fsp3) is 0.289. The molecule has 7 rings (SSSR count). The molecule has 1 amide bonds. The van der Waals surface area contributed by atoms with Gasteiger partial charge < -0.3 is 19.1 Å². The lowest BCUT2D eigenvalue weighted by Gasteiger charge is -2.34. The minimum absolute atomic E-state index is 0. The SMILES string of the molecule is Cc1ccc(COc2ccc(Oc3c(C)cc(/C=C/C(=O)N4CCN(Cc5ccc(CCOc6ccc(C7CC7)cc6)cc5)CC4)cc3Cl)nc2)cc1.Cl. The van der Waals surface area contributed by atoms with E-state index in [2.05, 4.69) is 89.6 Å². The number of hydrogen-bond donors (Lipinski definition) is 0. The van der Waals surface area contributed by atoms with Gasteiger partial charge in [-0.15, -0.1) is 12.4 Å². The van der Waals surface area contributed by atoms with Crippen molar-refractivity contribution in [1.82, 2.24) is 14.8 Å². The highest BCUT2D eigenvalue weighted by Crippen LogP contribution is 2.40. The molecular weight excluding hydrogens is 717 g/mol. The maximum absolute atomic E-state index is 13.1. The first kappa shape index (κ1) is 38.9. The molecule has 0 radical (unpaired) electrons. The molecule has 0 unspecified atom stereocenters. The van der Waals surface area contributed by atoms with Crippen molar-refractivity contribution in [1.29, 1.82) is 0 Å². The van der Waals surface area contributed by atoms with Crippen molar-refractivity contribution >= 4 is 36.0 Å². The van der Waals surface area contributed by atoms with E-state index in [-0.39, 0.29) is 18.3 Å². The van der Waals surface area contributed by atoms with Crippen LogP contribution in [0.3, 0.4) is 0 Å². The Morgan fingerprint density at radius 1 is 0.815 bits per heavy atom. The van der Waals surface area contributed by atoms with Crippen LogP contribution in [0.4, 0.5) is 0 Å². The van der Waals surface area contributed by atoms with Crippen molar-refractivity contribution in [3.05, 3.63) is 153 Å².